The molecule has 1 fully saturated rings. The first-order chi connectivity index (χ1) is 10.1. The maximum absolute atomic E-state index is 12.1. The number of amides is 1. The van der Waals surface area contributed by atoms with Gasteiger partial charge in [-0.05, 0) is 30.7 Å². The molecule has 2 aromatic rings. The number of rotatable bonds is 3. The zero-order valence-electron chi connectivity index (χ0n) is 11.9. The summed E-state index contributed by atoms with van der Waals surface area (Å²) < 4.78 is 5.43. The summed E-state index contributed by atoms with van der Waals surface area (Å²) >= 11 is 5.85. The molecule has 0 aliphatic carbocycles. The van der Waals surface area contributed by atoms with E-state index in [1.807, 2.05) is 12.1 Å². The molecule has 3 rings (SSSR count). The molecule has 0 bridgehead atoms. The SMILES string of the molecule is Cl.N[C@@H]1CCN(C(=O)Cc2coc(-c3ccc(Cl)cc3)n2)C1. The number of oxazole rings is 1. The van der Waals surface area contributed by atoms with E-state index in [1.54, 1.807) is 17.0 Å². The van der Waals surface area contributed by atoms with Gasteiger partial charge >= 0.3 is 0 Å². The van der Waals surface area contributed by atoms with Crippen LogP contribution in [0.15, 0.2) is 34.9 Å². The maximum atomic E-state index is 12.1. The zero-order chi connectivity index (χ0) is 14.8. The van der Waals surface area contributed by atoms with Crippen molar-refractivity contribution < 1.29 is 9.21 Å². The van der Waals surface area contributed by atoms with Crippen LogP contribution in [0.3, 0.4) is 0 Å². The molecule has 7 heteroatoms. The predicted octanol–water partition coefficient (Wildman–Crippen LogP) is 2.52. The standard InChI is InChI=1S/C15H16ClN3O2.ClH/c16-11-3-1-10(2-4-11)15-18-13(9-21-15)7-14(20)19-6-5-12(17)8-19;/h1-4,9,12H,5-8,17H2;1H/t12-;/m1./s1. The fourth-order valence-electron chi connectivity index (χ4n) is 2.39. The Labute approximate surface area is 139 Å². The fraction of sp³-hybridized carbons (Fsp3) is 0.333. The third-order valence-corrected chi connectivity index (χ3v) is 3.80. The molecular formula is C15H17Cl2N3O2. The van der Waals surface area contributed by atoms with Gasteiger partial charge in [-0.1, -0.05) is 11.6 Å². The van der Waals surface area contributed by atoms with Crippen molar-refractivity contribution >= 4 is 29.9 Å². The van der Waals surface area contributed by atoms with E-state index in [2.05, 4.69) is 4.98 Å². The fourth-order valence-corrected chi connectivity index (χ4v) is 2.52. The van der Waals surface area contributed by atoms with Crippen LogP contribution in [0.1, 0.15) is 12.1 Å². The number of hydrogen-bond donors (Lipinski definition) is 1. The van der Waals surface area contributed by atoms with Crippen LogP contribution >= 0.6 is 24.0 Å². The lowest BCUT2D eigenvalue weighted by Gasteiger charge is -2.14. The predicted molar refractivity (Wildman–Crippen MR) is 87.1 cm³/mol. The Morgan fingerprint density at radius 1 is 1.41 bits per heavy atom. The first-order valence-corrected chi connectivity index (χ1v) is 7.23. The molecule has 1 aromatic carbocycles. The molecule has 1 atom stereocenters. The van der Waals surface area contributed by atoms with Gasteiger partial charge in [-0.2, -0.15) is 0 Å². The highest BCUT2D eigenvalue weighted by atomic mass is 35.5. The Hall–Kier alpha value is -1.56. The maximum Gasteiger partial charge on any atom is 0.228 e. The average molecular weight is 342 g/mol. The molecule has 1 aliphatic rings. The van der Waals surface area contributed by atoms with Gasteiger partial charge in [0.2, 0.25) is 11.8 Å². The second-order valence-corrected chi connectivity index (χ2v) is 5.65. The van der Waals surface area contributed by atoms with Gasteiger partial charge in [-0.3, -0.25) is 4.79 Å². The molecule has 22 heavy (non-hydrogen) atoms. The van der Waals surface area contributed by atoms with Gasteiger partial charge in [-0.15, -0.1) is 12.4 Å². The summed E-state index contributed by atoms with van der Waals surface area (Å²) in [5.41, 5.74) is 7.27. The molecular weight excluding hydrogens is 325 g/mol. The quantitative estimate of drug-likeness (QED) is 0.930. The summed E-state index contributed by atoms with van der Waals surface area (Å²) in [4.78, 5) is 18.3. The molecule has 5 nitrogen and oxygen atoms in total. The van der Waals surface area contributed by atoms with Crippen LogP contribution in [-0.4, -0.2) is 34.9 Å². The van der Waals surface area contributed by atoms with Gasteiger partial charge in [0.1, 0.15) is 6.26 Å². The molecule has 118 valence electrons. The number of carbonyl (C=O) groups excluding carboxylic acids is 1. The second-order valence-electron chi connectivity index (χ2n) is 5.22. The molecule has 0 spiro atoms. The van der Waals surface area contributed by atoms with Gasteiger partial charge < -0.3 is 15.1 Å². The van der Waals surface area contributed by atoms with Crippen LogP contribution in [-0.2, 0) is 11.2 Å². The lowest BCUT2D eigenvalue weighted by Crippen LogP contribution is -2.32. The lowest BCUT2D eigenvalue weighted by molar-refractivity contribution is -0.129. The van der Waals surface area contributed by atoms with Crippen LogP contribution in [0.2, 0.25) is 5.02 Å². The van der Waals surface area contributed by atoms with E-state index < -0.39 is 0 Å². The number of carbonyl (C=O) groups is 1. The number of likely N-dealkylation sites (tertiary alicyclic amines) is 1. The van der Waals surface area contributed by atoms with Crippen molar-refractivity contribution in [1.82, 2.24) is 9.88 Å². The molecule has 1 aliphatic heterocycles. The number of nitrogens with zero attached hydrogens (tertiary/aromatic N) is 2. The van der Waals surface area contributed by atoms with Crippen molar-refractivity contribution in [2.45, 2.75) is 18.9 Å². The summed E-state index contributed by atoms with van der Waals surface area (Å²) in [5, 5.41) is 0.658. The number of hydrogen-bond acceptors (Lipinski definition) is 4. The normalized spacial score (nSPS) is 17.4. The number of aromatic nitrogens is 1. The highest BCUT2D eigenvalue weighted by molar-refractivity contribution is 6.30. The van der Waals surface area contributed by atoms with E-state index in [1.165, 1.54) is 6.26 Å². The summed E-state index contributed by atoms with van der Waals surface area (Å²) in [6.07, 6.45) is 2.63. The van der Waals surface area contributed by atoms with Gasteiger partial charge in [0.15, 0.2) is 0 Å². The smallest absolute Gasteiger partial charge is 0.228 e. The Morgan fingerprint density at radius 2 is 2.14 bits per heavy atom. The summed E-state index contributed by atoms with van der Waals surface area (Å²) in [7, 11) is 0. The minimum Gasteiger partial charge on any atom is -0.444 e. The third-order valence-electron chi connectivity index (χ3n) is 3.55. The zero-order valence-corrected chi connectivity index (χ0v) is 13.4. The van der Waals surface area contributed by atoms with Gasteiger partial charge in [-0.25, -0.2) is 4.98 Å². The minimum atomic E-state index is 0. The average Bonchev–Trinajstić information content (AvgIpc) is 3.09. The third kappa shape index (κ3) is 3.80. The van der Waals surface area contributed by atoms with Gasteiger partial charge in [0.25, 0.3) is 0 Å². The Bertz CT molecular complexity index is 642. The Kier molecular flexibility index (Phi) is 5.45. The molecule has 0 radical (unpaired) electrons. The van der Waals surface area contributed by atoms with Crippen LogP contribution < -0.4 is 5.73 Å². The van der Waals surface area contributed by atoms with Crippen LogP contribution in [0.25, 0.3) is 11.5 Å². The topological polar surface area (TPSA) is 72.4 Å². The van der Waals surface area contributed by atoms with Crippen LogP contribution in [0.5, 0.6) is 0 Å². The molecule has 2 heterocycles. The highest BCUT2D eigenvalue weighted by Crippen LogP contribution is 2.21. The second kappa shape index (κ2) is 7.13. The molecule has 2 N–H and O–H groups in total. The molecule has 0 saturated carbocycles. The first kappa shape index (κ1) is 16.8. The van der Waals surface area contributed by atoms with Gasteiger partial charge in [0, 0.05) is 29.7 Å². The lowest BCUT2D eigenvalue weighted by atomic mass is 10.2. The van der Waals surface area contributed by atoms with Crippen molar-refractivity contribution in [3.8, 4) is 11.5 Å². The highest BCUT2D eigenvalue weighted by Gasteiger charge is 2.24. The molecule has 1 amide bonds. The van der Waals surface area contributed by atoms with Crippen molar-refractivity contribution in [2.75, 3.05) is 13.1 Å². The largest absolute Gasteiger partial charge is 0.444 e. The minimum absolute atomic E-state index is 0. The molecule has 1 saturated heterocycles. The molecule has 1 aromatic heterocycles. The van der Waals surface area contributed by atoms with E-state index in [0.717, 1.165) is 18.5 Å². The summed E-state index contributed by atoms with van der Waals surface area (Å²) in [6.45, 7) is 1.35. The van der Waals surface area contributed by atoms with E-state index >= 15 is 0 Å². The van der Waals surface area contributed by atoms with Crippen molar-refractivity contribution in [3.05, 3.63) is 41.2 Å². The van der Waals surface area contributed by atoms with E-state index in [4.69, 9.17) is 21.8 Å². The van der Waals surface area contributed by atoms with E-state index in [0.29, 0.717) is 23.2 Å². The van der Waals surface area contributed by atoms with E-state index in [-0.39, 0.29) is 30.8 Å². The van der Waals surface area contributed by atoms with E-state index in [9.17, 15) is 4.79 Å². The van der Waals surface area contributed by atoms with Crippen molar-refractivity contribution in [2.24, 2.45) is 5.73 Å². The van der Waals surface area contributed by atoms with Crippen LogP contribution in [0, 0.1) is 0 Å². The summed E-state index contributed by atoms with van der Waals surface area (Å²) in [5.74, 6) is 0.534. The Morgan fingerprint density at radius 3 is 2.77 bits per heavy atom. The molecule has 0 unspecified atom stereocenters. The van der Waals surface area contributed by atoms with Crippen molar-refractivity contribution in [1.29, 1.82) is 0 Å². The Balaban J connectivity index is 0.00000176. The van der Waals surface area contributed by atoms with Crippen molar-refractivity contribution in [3.63, 3.8) is 0 Å². The first-order valence-electron chi connectivity index (χ1n) is 6.85. The summed E-state index contributed by atoms with van der Waals surface area (Å²) in [6, 6.07) is 7.31. The monoisotopic (exact) mass is 341 g/mol. The number of nitrogens with two attached hydrogens (primary N) is 1. The number of benzene rings is 1. The van der Waals surface area contributed by atoms with Gasteiger partial charge in [0.05, 0.1) is 12.1 Å². The van der Waals surface area contributed by atoms with Crippen LogP contribution in [0.4, 0.5) is 0 Å². The number of halogens is 2.